The molecule has 0 aliphatic carbocycles. The summed E-state index contributed by atoms with van der Waals surface area (Å²) < 4.78 is 24.4. The van der Waals surface area contributed by atoms with E-state index < -0.39 is 37.3 Å². The number of unbranched alkanes of at least 4 members (excludes halogenated alkanes) is 2. The summed E-state index contributed by atoms with van der Waals surface area (Å²) in [6, 6.07) is 9.12. The number of esters is 2. The Hall–Kier alpha value is -2.02. The number of carbonyl (C=O) groups excluding carboxylic acids is 3. The van der Waals surface area contributed by atoms with Gasteiger partial charge in [0, 0.05) is 6.42 Å². The van der Waals surface area contributed by atoms with Crippen molar-refractivity contribution in [3.05, 3.63) is 35.9 Å². The van der Waals surface area contributed by atoms with Gasteiger partial charge in [0.1, 0.15) is 18.0 Å². The molecule has 0 radical (unpaired) electrons. The number of nitrogens with one attached hydrogen (secondary N) is 2. The molecule has 1 saturated heterocycles. The summed E-state index contributed by atoms with van der Waals surface area (Å²) in [5.41, 5.74) is 1.02. The molecule has 184 valence electrons. The summed E-state index contributed by atoms with van der Waals surface area (Å²) in [4.78, 5) is 37.3. The zero-order valence-corrected chi connectivity index (χ0v) is 20.6. The number of rotatable bonds is 14. The Morgan fingerprint density at radius 1 is 1.18 bits per heavy atom. The van der Waals surface area contributed by atoms with E-state index in [9.17, 15) is 18.9 Å². The van der Waals surface area contributed by atoms with Crippen LogP contribution < -0.4 is 10.6 Å². The van der Waals surface area contributed by atoms with Crippen LogP contribution in [-0.2, 0) is 34.6 Å². The highest BCUT2D eigenvalue weighted by Crippen LogP contribution is 2.52. The van der Waals surface area contributed by atoms with Crippen LogP contribution in [0.15, 0.2) is 30.3 Å². The number of carbonyl (C=O) groups is 3. The second-order valence-corrected chi connectivity index (χ2v) is 11.0. The van der Waals surface area contributed by atoms with Crippen LogP contribution in [0.4, 0.5) is 0 Å². The van der Waals surface area contributed by atoms with Gasteiger partial charge in [-0.15, -0.1) is 0 Å². The van der Waals surface area contributed by atoms with E-state index in [1.165, 1.54) is 0 Å². The van der Waals surface area contributed by atoms with Gasteiger partial charge >= 0.3 is 11.9 Å². The van der Waals surface area contributed by atoms with Crippen molar-refractivity contribution in [2.24, 2.45) is 0 Å². The van der Waals surface area contributed by atoms with Crippen molar-refractivity contribution in [1.29, 1.82) is 0 Å². The van der Waals surface area contributed by atoms with Crippen molar-refractivity contribution >= 4 is 25.2 Å². The first-order chi connectivity index (χ1) is 15.9. The molecule has 0 bridgehead atoms. The fourth-order valence-electron chi connectivity index (χ4n) is 3.85. The molecule has 33 heavy (non-hydrogen) atoms. The molecule has 1 heterocycles. The van der Waals surface area contributed by atoms with E-state index in [0.29, 0.717) is 32.2 Å². The van der Waals surface area contributed by atoms with Gasteiger partial charge < -0.3 is 19.9 Å². The van der Waals surface area contributed by atoms with Gasteiger partial charge in [-0.2, -0.15) is 0 Å². The van der Waals surface area contributed by atoms with E-state index in [2.05, 4.69) is 17.6 Å². The largest absolute Gasteiger partial charge is 0.392 e. The lowest BCUT2D eigenvalue weighted by Crippen LogP contribution is -2.38. The van der Waals surface area contributed by atoms with Gasteiger partial charge in [-0.25, -0.2) is 4.79 Å². The Bertz CT molecular complexity index is 810. The topological polar surface area (TPSA) is 111 Å². The maximum absolute atomic E-state index is 13.8. The van der Waals surface area contributed by atoms with Gasteiger partial charge in [0.15, 0.2) is 0 Å². The van der Waals surface area contributed by atoms with Gasteiger partial charge in [-0.1, -0.05) is 50.1 Å². The molecule has 1 aromatic carbocycles. The third kappa shape index (κ3) is 9.40. The molecule has 1 aliphatic heterocycles. The first-order valence-electron chi connectivity index (χ1n) is 11.9. The van der Waals surface area contributed by atoms with Gasteiger partial charge in [0.05, 0.1) is 6.61 Å². The summed E-state index contributed by atoms with van der Waals surface area (Å²) in [7, 11) is -3.68. The third-order valence-corrected chi connectivity index (χ3v) is 8.35. The van der Waals surface area contributed by atoms with Crippen molar-refractivity contribution in [2.75, 3.05) is 19.3 Å². The van der Waals surface area contributed by atoms with E-state index in [4.69, 9.17) is 9.26 Å². The Morgan fingerprint density at radius 3 is 2.58 bits per heavy atom. The number of ether oxygens (including phenoxy) is 1. The number of amides is 1. The van der Waals surface area contributed by atoms with Crippen LogP contribution >= 0.6 is 7.37 Å². The zero-order valence-electron chi connectivity index (χ0n) is 19.7. The molecule has 2 unspecified atom stereocenters. The predicted octanol–water partition coefficient (Wildman–Crippen LogP) is 3.78. The second kappa shape index (κ2) is 14.3. The highest BCUT2D eigenvalue weighted by atomic mass is 31.2. The van der Waals surface area contributed by atoms with E-state index in [1.807, 2.05) is 30.3 Å². The Balaban J connectivity index is 2.11. The minimum Gasteiger partial charge on any atom is -0.392 e. The van der Waals surface area contributed by atoms with Crippen LogP contribution in [0, 0.1) is 0 Å². The van der Waals surface area contributed by atoms with Crippen molar-refractivity contribution in [3.63, 3.8) is 0 Å². The lowest BCUT2D eigenvalue weighted by Gasteiger charge is -2.28. The summed E-state index contributed by atoms with van der Waals surface area (Å²) in [6.07, 6.45) is 4.72. The number of aryl methyl sites for hydroxylation is 1. The highest BCUT2D eigenvalue weighted by molar-refractivity contribution is 7.60. The van der Waals surface area contributed by atoms with Gasteiger partial charge in [-0.3, -0.25) is 14.2 Å². The molecule has 3 atom stereocenters. The van der Waals surface area contributed by atoms with Gasteiger partial charge in [0.25, 0.3) is 0 Å². The monoisotopic (exact) mass is 480 g/mol. The predicted molar refractivity (Wildman–Crippen MR) is 127 cm³/mol. The second-order valence-electron chi connectivity index (χ2n) is 8.31. The Morgan fingerprint density at radius 2 is 1.94 bits per heavy atom. The molecule has 2 N–H and O–H groups in total. The maximum Gasteiger partial charge on any atom is 0.330 e. The fraction of sp³-hybridized carbons (Fsp3) is 0.625. The first-order valence-corrected chi connectivity index (χ1v) is 13.8. The highest BCUT2D eigenvalue weighted by Gasteiger charge is 2.39. The quantitative estimate of drug-likeness (QED) is 0.180. The molecule has 8 nitrogen and oxygen atoms in total. The normalized spacial score (nSPS) is 18.3. The van der Waals surface area contributed by atoms with Gasteiger partial charge in [0.2, 0.25) is 13.3 Å². The summed E-state index contributed by atoms with van der Waals surface area (Å²) in [6.45, 7) is 4.54. The van der Waals surface area contributed by atoms with Crippen LogP contribution in [0.5, 0.6) is 0 Å². The summed E-state index contributed by atoms with van der Waals surface area (Å²) in [5.74, 6) is -2.62. The Kier molecular flexibility index (Phi) is 11.8. The third-order valence-electron chi connectivity index (χ3n) is 5.62. The number of hydrogen-bond donors (Lipinski definition) is 2. The fourth-order valence-corrected chi connectivity index (χ4v) is 6.07. The van der Waals surface area contributed by atoms with Crippen LogP contribution in [0.1, 0.15) is 64.4 Å². The lowest BCUT2D eigenvalue weighted by atomic mass is 10.1. The SMILES string of the molecule is CCCCCC(=O)NC(CCc1ccccc1)P(=O)(CC(=O)OC(=O)[C@@H]1CCCN1)OCC. The molecular weight excluding hydrogens is 443 g/mol. The summed E-state index contributed by atoms with van der Waals surface area (Å²) in [5, 5.41) is 5.83. The van der Waals surface area contributed by atoms with E-state index in [-0.39, 0.29) is 12.5 Å². The smallest absolute Gasteiger partial charge is 0.330 e. The number of hydrogen-bond acceptors (Lipinski definition) is 7. The van der Waals surface area contributed by atoms with Crippen molar-refractivity contribution in [2.45, 2.75) is 77.0 Å². The molecule has 1 aliphatic rings. The number of benzene rings is 1. The molecule has 1 aromatic rings. The van der Waals surface area contributed by atoms with Crippen LogP contribution in [0.3, 0.4) is 0 Å². The van der Waals surface area contributed by atoms with E-state index in [1.54, 1.807) is 6.92 Å². The average Bonchev–Trinajstić information content (AvgIpc) is 3.32. The maximum atomic E-state index is 13.8. The zero-order chi connectivity index (χ0) is 24.1. The van der Waals surface area contributed by atoms with Crippen LogP contribution in [-0.4, -0.2) is 49.0 Å². The molecule has 1 fully saturated rings. The van der Waals surface area contributed by atoms with E-state index in [0.717, 1.165) is 31.2 Å². The van der Waals surface area contributed by atoms with E-state index >= 15 is 0 Å². The van der Waals surface area contributed by atoms with Crippen molar-refractivity contribution < 1.29 is 28.2 Å². The van der Waals surface area contributed by atoms with Gasteiger partial charge in [-0.05, 0) is 51.1 Å². The van der Waals surface area contributed by atoms with Crippen molar-refractivity contribution in [1.82, 2.24) is 10.6 Å². The molecule has 0 saturated carbocycles. The molecule has 1 amide bonds. The minimum atomic E-state index is -3.68. The molecule has 2 rings (SSSR count). The molecule has 9 heteroatoms. The van der Waals surface area contributed by atoms with Crippen LogP contribution in [0.25, 0.3) is 0 Å². The lowest BCUT2D eigenvalue weighted by molar-refractivity contribution is -0.159. The average molecular weight is 481 g/mol. The molecular formula is C24H37N2O6P. The van der Waals surface area contributed by atoms with Crippen LogP contribution in [0.2, 0.25) is 0 Å². The molecule has 0 spiro atoms. The minimum absolute atomic E-state index is 0.107. The first kappa shape index (κ1) is 27.2. The molecule has 0 aromatic heterocycles. The Labute approximate surface area is 196 Å². The standard InChI is InChI=1S/C24H37N2O6P/c1-3-5-7-14-21(27)26-22(16-15-19-11-8-6-9-12-19)33(30,31-4-2)18-23(28)32-24(29)20-13-10-17-25-20/h6,8-9,11-12,20,22,25H,3-5,7,10,13-18H2,1-2H3,(H,26,27)/t20-,22?,33?/m0/s1. The van der Waals surface area contributed by atoms with Crippen molar-refractivity contribution in [3.8, 4) is 0 Å². The summed E-state index contributed by atoms with van der Waals surface area (Å²) >= 11 is 0.